The lowest BCUT2D eigenvalue weighted by Gasteiger charge is -2.11. The summed E-state index contributed by atoms with van der Waals surface area (Å²) < 4.78 is 18.7. The van der Waals surface area contributed by atoms with Gasteiger partial charge in [0, 0.05) is 13.2 Å². The van der Waals surface area contributed by atoms with Crippen LogP contribution in [0.3, 0.4) is 0 Å². The van der Waals surface area contributed by atoms with E-state index in [1.54, 1.807) is 7.11 Å². The zero-order chi connectivity index (χ0) is 16.8. The molecule has 5 heteroatoms. The average Bonchev–Trinajstić information content (AvgIpc) is 2.98. The first-order valence-corrected chi connectivity index (χ1v) is 8.10. The molecule has 0 aliphatic rings. The molecule has 1 heterocycles. The number of hydrogen-bond acceptors (Lipinski definition) is 4. The smallest absolute Gasteiger partial charge is 0.148 e. The van der Waals surface area contributed by atoms with Crippen molar-refractivity contribution in [3.05, 3.63) is 54.4 Å². The number of fused-ring (bicyclic) bond motifs is 1. The summed E-state index contributed by atoms with van der Waals surface area (Å²) in [5.41, 5.74) is 2.08. The van der Waals surface area contributed by atoms with Crippen LogP contribution < -0.4 is 9.47 Å². The van der Waals surface area contributed by atoms with E-state index in [1.807, 2.05) is 49.4 Å². The summed E-state index contributed by atoms with van der Waals surface area (Å²) in [4.78, 5) is 4.70. The van der Waals surface area contributed by atoms with Gasteiger partial charge in [-0.05, 0) is 43.3 Å². The van der Waals surface area contributed by atoms with Crippen molar-refractivity contribution >= 4 is 11.0 Å². The monoisotopic (exact) mass is 326 g/mol. The third-order valence-corrected chi connectivity index (χ3v) is 3.82. The maximum Gasteiger partial charge on any atom is 0.148 e. The second-order valence-corrected chi connectivity index (χ2v) is 5.33. The molecule has 0 fully saturated rings. The van der Waals surface area contributed by atoms with Crippen molar-refractivity contribution in [1.29, 1.82) is 0 Å². The first-order valence-electron chi connectivity index (χ1n) is 8.10. The molecule has 0 unspecified atom stereocenters. The Hall–Kier alpha value is -2.53. The topological polar surface area (TPSA) is 45.5 Å². The minimum atomic E-state index is 0.410. The van der Waals surface area contributed by atoms with E-state index in [9.17, 15) is 0 Å². The molecule has 2 aromatic carbocycles. The Morgan fingerprint density at radius 1 is 1.00 bits per heavy atom. The Balaban J connectivity index is 1.77. The summed E-state index contributed by atoms with van der Waals surface area (Å²) in [5, 5.41) is 0. The van der Waals surface area contributed by atoms with Gasteiger partial charge >= 0.3 is 0 Å². The second-order valence-electron chi connectivity index (χ2n) is 5.33. The molecule has 1 aromatic heterocycles. The minimum absolute atomic E-state index is 0.410. The number of imidazole rings is 1. The number of benzene rings is 2. The molecule has 5 nitrogen and oxygen atoms in total. The molecule has 0 spiro atoms. The molecule has 0 N–H and O–H groups in total. The number of ether oxygens (including phenoxy) is 3. The van der Waals surface area contributed by atoms with Gasteiger partial charge in [-0.1, -0.05) is 12.1 Å². The number of aromatic nitrogens is 2. The van der Waals surface area contributed by atoms with E-state index < -0.39 is 0 Å². The van der Waals surface area contributed by atoms with Crippen molar-refractivity contribution in [2.45, 2.75) is 20.1 Å². The number of methoxy groups -OCH3 is 1. The number of rotatable bonds is 8. The van der Waals surface area contributed by atoms with Crippen molar-refractivity contribution in [2.75, 3.05) is 20.3 Å². The van der Waals surface area contributed by atoms with Gasteiger partial charge in [0.25, 0.3) is 0 Å². The largest absolute Gasteiger partial charge is 0.497 e. The van der Waals surface area contributed by atoms with E-state index in [-0.39, 0.29) is 0 Å². The number of para-hydroxylation sites is 2. The summed E-state index contributed by atoms with van der Waals surface area (Å²) >= 11 is 0. The zero-order valence-corrected chi connectivity index (χ0v) is 14.1. The molecule has 0 radical (unpaired) electrons. The molecule has 126 valence electrons. The van der Waals surface area contributed by atoms with Crippen molar-refractivity contribution in [1.82, 2.24) is 9.55 Å². The van der Waals surface area contributed by atoms with E-state index in [2.05, 4.69) is 10.6 Å². The van der Waals surface area contributed by atoms with Gasteiger partial charge in [-0.2, -0.15) is 0 Å². The molecular weight excluding hydrogens is 304 g/mol. The Morgan fingerprint density at radius 3 is 2.50 bits per heavy atom. The van der Waals surface area contributed by atoms with Crippen LogP contribution in [0, 0.1) is 0 Å². The number of hydrogen-bond donors (Lipinski definition) is 0. The van der Waals surface area contributed by atoms with Crippen LogP contribution in [0.25, 0.3) is 11.0 Å². The van der Waals surface area contributed by atoms with E-state index >= 15 is 0 Å². The Morgan fingerprint density at radius 2 is 1.75 bits per heavy atom. The summed E-state index contributed by atoms with van der Waals surface area (Å²) in [6, 6.07) is 15.7. The van der Waals surface area contributed by atoms with Gasteiger partial charge in [-0.15, -0.1) is 0 Å². The third-order valence-electron chi connectivity index (χ3n) is 3.82. The van der Waals surface area contributed by atoms with Crippen molar-refractivity contribution in [2.24, 2.45) is 0 Å². The molecule has 0 amide bonds. The highest BCUT2D eigenvalue weighted by atomic mass is 16.5. The fourth-order valence-corrected chi connectivity index (χ4v) is 2.61. The van der Waals surface area contributed by atoms with Crippen LogP contribution in [-0.4, -0.2) is 29.9 Å². The Bertz CT molecular complexity index is 781. The molecular formula is C19H22N2O3. The Labute approximate surface area is 141 Å². The predicted octanol–water partition coefficient (Wildman–Crippen LogP) is 3.66. The van der Waals surface area contributed by atoms with Crippen LogP contribution in [0.5, 0.6) is 11.5 Å². The van der Waals surface area contributed by atoms with Crippen LogP contribution in [0.2, 0.25) is 0 Å². The normalized spacial score (nSPS) is 10.9. The molecule has 3 aromatic rings. The average molecular weight is 326 g/mol. The molecule has 0 aliphatic heterocycles. The first-order chi connectivity index (χ1) is 11.8. The zero-order valence-electron chi connectivity index (χ0n) is 14.1. The van der Waals surface area contributed by atoms with Gasteiger partial charge in [0.1, 0.15) is 23.9 Å². The Kier molecular flexibility index (Phi) is 5.33. The van der Waals surface area contributed by atoms with Crippen LogP contribution in [0.4, 0.5) is 0 Å². The molecule has 0 aliphatic carbocycles. The van der Waals surface area contributed by atoms with E-state index in [4.69, 9.17) is 19.2 Å². The highest BCUT2D eigenvalue weighted by molar-refractivity contribution is 5.75. The maximum atomic E-state index is 5.89. The third kappa shape index (κ3) is 3.68. The summed E-state index contributed by atoms with van der Waals surface area (Å²) in [5.74, 6) is 2.50. The highest BCUT2D eigenvalue weighted by Crippen LogP contribution is 2.20. The number of nitrogens with zero attached hydrogens (tertiary/aromatic N) is 2. The highest BCUT2D eigenvalue weighted by Gasteiger charge is 2.11. The summed E-state index contributed by atoms with van der Waals surface area (Å²) in [6.45, 7) is 4.54. The second kappa shape index (κ2) is 7.84. The standard InChI is InChI=1S/C19H22N2O3/c1-3-23-13-12-21-18-7-5-4-6-17(18)20-19(21)14-24-16-10-8-15(22-2)9-11-16/h4-11H,3,12-14H2,1-2H3. The fourth-order valence-electron chi connectivity index (χ4n) is 2.61. The molecule has 0 bridgehead atoms. The van der Waals surface area contributed by atoms with Crippen LogP contribution in [-0.2, 0) is 17.9 Å². The lowest BCUT2D eigenvalue weighted by Crippen LogP contribution is -2.11. The van der Waals surface area contributed by atoms with E-state index in [0.29, 0.717) is 19.8 Å². The quantitative estimate of drug-likeness (QED) is 0.593. The summed E-state index contributed by atoms with van der Waals surface area (Å²) in [6.07, 6.45) is 0. The van der Waals surface area contributed by atoms with Crippen LogP contribution in [0.15, 0.2) is 48.5 Å². The van der Waals surface area contributed by atoms with Gasteiger partial charge in [0.05, 0.1) is 24.8 Å². The van der Waals surface area contributed by atoms with Crippen LogP contribution in [0.1, 0.15) is 12.7 Å². The molecule has 24 heavy (non-hydrogen) atoms. The van der Waals surface area contributed by atoms with Gasteiger partial charge in [-0.25, -0.2) is 4.98 Å². The van der Waals surface area contributed by atoms with Crippen LogP contribution >= 0.6 is 0 Å². The fraction of sp³-hybridized carbons (Fsp3) is 0.316. The SMILES string of the molecule is CCOCCn1c(COc2ccc(OC)cc2)nc2ccccc21. The molecule has 0 atom stereocenters. The van der Waals surface area contributed by atoms with Gasteiger partial charge in [-0.3, -0.25) is 0 Å². The van der Waals surface area contributed by atoms with Crippen molar-refractivity contribution < 1.29 is 14.2 Å². The molecule has 3 rings (SSSR count). The van der Waals surface area contributed by atoms with Gasteiger partial charge in [0.2, 0.25) is 0 Å². The molecule has 0 saturated carbocycles. The van der Waals surface area contributed by atoms with Crippen molar-refractivity contribution in [3.63, 3.8) is 0 Å². The summed E-state index contributed by atoms with van der Waals surface area (Å²) in [7, 11) is 1.65. The lowest BCUT2D eigenvalue weighted by atomic mass is 10.3. The van der Waals surface area contributed by atoms with Gasteiger partial charge in [0.15, 0.2) is 0 Å². The minimum Gasteiger partial charge on any atom is -0.497 e. The molecule has 0 saturated heterocycles. The van der Waals surface area contributed by atoms with Crippen molar-refractivity contribution in [3.8, 4) is 11.5 Å². The maximum absolute atomic E-state index is 5.89. The van der Waals surface area contributed by atoms with Gasteiger partial charge < -0.3 is 18.8 Å². The first kappa shape index (κ1) is 16.3. The van der Waals surface area contributed by atoms with E-state index in [0.717, 1.165) is 34.9 Å². The predicted molar refractivity (Wildman–Crippen MR) is 93.6 cm³/mol. The van der Waals surface area contributed by atoms with E-state index in [1.165, 1.54) is 0 Å². The lowest BCUT2D eigenvalue weighted by molar-refractivity contribution is 0.138.